The molecule has 0 aliphatic carbocycles. The average molecular weight is 215 g/mol. The molecule has 1 aliphatic heterocycles. The summed E-state index contributed by atoms with van der Waals surface area (Å²) in [4.78, 5) is 13.4. The summed E-state index contributed by atoms with van der Waals surface area (Å²) in [5.41, 5.74) is 3.46. The summed E-state index contributed by atoms with van der Waals surface area (Å²) < 4.78 is 0. The molecule has 0 N–H and O–H groups in total. The van der Waals surface area contributed by atoms with E-state index in [2.05, 4.69) is 30.9 Å². The van der Waals surface area contributed by atoms with Crippen molar-refractivity contribution < 1.29 is 4.79 Å². The summed E-state index contributed by atoms with van der Waals surface area (Å²) in [5.74, 6) is 0.0998. The number of benzene rings is 1. The van der Waals surface area contributed by atoms with Crippen LogP contribution in [0.1, 0.15) is 26.3 Å². The highest BCUT2D eigenvalue weighted by Gasteiger charge is 2.38. The van der Waals surface area contributed by atoms with E-state index >= 15 is 0 Å². The van der Waals surface area contributed by atoms with Gasteiger partial charge in [0.25, 0.3) is 0 Å². The Bertz CT molecular complexity index is 471. The van der Waals surface area contributed by atoms with Gasteiger partial charge in [-0.3, -0.25) is 4.79 Å². The second kappa shape index (κ2) is 3.48. The zero-order valence-corrected chi connectivity index (χ0v) is 10.2. The number of anilines is 1. The van der Waals surface area contributed by atoms with Gasteiger partial charge < -0.3 is 4.90 Å². The van der Waals surface area contributed by atoms with Crippen LogP contribution < -0.4 is 4.90 Å². The monoisotopic (exact) mass is 215 g/mol. The lowest BCUT2D eigenvalue weighted by molar-refractivity contribution is -0.112. The average Bonchev–Trinajstić information content (AvgIpc) is 2.41. The van der Waals surface area contributed by atoms with Crippen molar-refractivity contribution in [3.63, 3.8) is 0 Å². The van der Waals surface area contributed by atoms with Crippen LogP contribution in [0, 0.1) is 0 Å². The second-order valence-corrected chi connectivity index (χ2v) is 4.84. The Balaban J connectivity index is 2.62. The standard InChI is InChI=1S/C14H17NO/c1-10(16)9-13-14(2,3)11-7-5-6-8-12(11)15(13)4/h5-9H,1-4H3. The lowest BCUT2D eigenvalue weighted by atomic mass is 9.83. The molecule has 0 atom stereocenters. The SMILES string of the molecule is CC(=O)C=C1N(C)c2ccccc2C1(C)C. The molecule has 0 aromatic heterocycles. The summed E-state index contributed by atoms with van der Waals surface area (Å²) >= 11 is 0. The number of likely N-dealkylation sites (N-methyl/N-ethyl adjacent to an activating group) is 1. The third kappa shape index (κ3) is 1.45. The van der Waals surface area contributed by atoms with Crippen LogP contribution in [0.2, 0.25) is 0 Å². The van der Waals surface area contributed by atoms with Gasteiger partial charge in [0.15, 0.2) is 5.78 Å². The first-order valence-electron chi connectivity index (χ1n) is 5.50. The smallest absolute Gasteiger partial charge is 0.154 e. The zero-order chi connectivity index (χ0) is 11.9. The third-order valence-corrected chi connectivity index (χ3v) is 3.28. The molecule has 2 heteroatoms. The topological polar surface area (TPSA) is 20.3 Å². The molecule has 0 saturated heterocycles. The normalized spacial score (nSPS) is 20.0. The van der Waals surface area contributed by atoms with E-state index in [1.165, 1.54) is 11.3 Å². The fraction of sp³-hybridized carbons (Fsp3) is 0.357. The first-order valence-corrected chi connectivity index (χ1v) is 5.50. The van der Waals surface area contributed by atoms with Crippen molar-refractivity contribution in [2.24, 2.45) is 0 Å². The van der Waals surface area contributed by atoms with E-state index in [-0.39, 0.29) is 11.2 Å². The highest BCUT2D eigenvalue weighted by atomic mass is 16.1. The molecule has 0 bridgehead atoms. The van der Waals surface area contributed by atoms with Crippen LogP contribution in [0.25, 0.3) is 0 Å². The van der Waals surface area contributed by atoms with Gasteiger partial charge >= 0.3 is 0 Å². The predicted octanol–water partition coefficient (Wildman–Crippen LogP) is 2.89. The van der Waals surface area contributed by atoms with E-state index in [1.54, 1.807) is 13.0 Å². The largest absolute Gasteiger partial charge is 0.347 e. The molecule has 1 aliphatic rings. The van der Waals surface area contributed by atoms with Gasteiger partial charge in [-0.1, -0.05) is 32.0 Å². The number of fused-ring (bicyclic) bond motifs is 1. The van der Waals surface area contributed by atoms with E-state index in [4.69, 9.17) is 0 Å². The van der Waals surface area contributed by atoms with E-state index in [0.717, 1.165) is 5.70 Å². The van der Waals surface area contributed by atoms with Crippen molar-refractivity contribution in [3.8, 4) is 0 Å². The number of rotatable bonds is 1. The first kappa shape index (κ1) is 10.9. The van der Waals surface area contributed by atoms with Crippen molar-refractivity contribution in [1.82, 2.24) is 0 Å². The van der Waals surface area contributed by atoms with Gasteiger partial charge in [-0.05, 0) is 18.6 Å². The number of para-hydroxylation sites is 1. The number of ketones is 1. The van der Waals surface area contributed by atoms with Gasteiger partial charge in [-0.15, -0.1) is 0 Å². The van der Waals surface area contributed by atoms with Crippen molar-refractivity contribution >= 4 is 11.5 Å². The number of allylic oxidation sites excluding steroid dienone is 2. The summed E-state index contributed by atoms with van der Waals surface area (Å²) in [7, 11) is 2.02. The fourth-order valence-electron chi connectivity index (χ4n) is 2.45. The molecule has 0 fully saturated rings. The van der Waals surface area contributed by atoms with Crippen molar-refractivity contribution in [1.29, 1.82) is 0 Å². The van der Waals surface area contributed by atoms with E-state index in [9.17, 15) is 4.79 Å². The number of hydrogen-bond acceptors (Lipinski definition) is 2. The quantitative estimate of drug-likeness (QED) is 0.671. The van der Waals surface area contributed by atoms with Crippen molar-refractivity contribution in [2.45, 2.75) is 26.2 Å². The van der Waals surface area contributed by atoms with Gasteiger partial charge in [0.05, 0.1) is 0 Å². The van der Waals surface area contributed by atoms with Gasteiger partial charge in [-0.2, -0.15) is 0 Å². The number of carbonyl (C=O) groups is 1. The molecule has 2 nitrogen and oxygen atoms in total. The Morgan fingerprint density at radius 2 is 1.94 bits per heavy atom. The molecule has 16 heavy (non-hydrogen) atoms. The van der Waals surface area contributed by atoms with Crippen LogP contribution in [0.5, 0.6) is 0 Å². The molecule has 0 radical (unpaired) electrons. The minimum absolute atomic E-state index is 0.0863. The number of hydrogen-bond donors (Lipinski definition) is 0. The predicted molar refractivity (Wildman–Crippen MR) is 66.6 cm³/mol. The molecule has 84 valence electrons. The Labute approximate surface area is 96.6 Å². The van der Waals surface area contributed by atoms with Crippen molar-refractivity contribution in [3.05, 3.63) is 41.6 Å². The minimum Gasteiger partial charge on any atom is -0.347 e. The maximum atomic E-state index is 11.3. The number of carbonyl (C=O) groups excluding carboxylic acids is 1. The van der Waals surface area contributed by atoms with Gasteiger partial charge in [-0.25, -0.2) is 0 Å². The van der Waals surface area contributed by atoms with Crippen LogP contribution in [0.3, 0.4) is 0 Å². The summed E-state index contributed by atoms with van der Waals surface area (Å²) in [6.07, 6.45) is 1.74. The Morgan fingerprint density at radius 1 is 1.31 bits per heavy atom. The van der Waals surface area contributed by atoms with Gasteiger partial charge in [0.2, 0.25) is 0 Å². The summed E-state index contributed by atoms with van der Waals surface area (Å²) in [5, 5.41) is 0. The van der Waals surface area contributed by atoms with Crippen molar-refractivity contribution in [2.75, 3.05) is 11.9 Å². The highest BCUT2D eigenvalue weighted by molar-refractivity contribution is 5.90. The Kier molecular flexibility index (Phi) is 2.38. The molecule has 0 amide bonds. The number of nitrogens with zero attached hydrogens (tertiary/aromatic N) is 1. The molecule has 0 unspecified atom stereocenters. The molecule has 0 saturated carbocycles. The summed E-state index contributed by atoms with van der Waals surface area (Å²) in [6.45, 7) is 5.91. The van der Waals surface area contributed by atoms with Crippen LogP contribution in [0.4, 0.5) is 5.69 Å². The first-order chi connectivity index (χ1) is 7.44. The molecule has 0 spiro atoms. The molecule has 1 aromatic rings. The zero-order valence-electron chi connectivity index (χ0n) is 10.2. The van der Waals surface area contributed by atoms with E-state index in [1.807, 2.05) is 19.2 Å². The van der Waals surface area contributed by atoms with Crippen LogP contribution in [-0.4, -0.2) is 12.8 Å². The highest BCUT2D eigenvalue weighted by Crippen LogP contribution is 2.46. The lowest BCUT2D eigenvalue weighted by Crippen LogP contribution is -2.23. The van der Waals surface area contributed by atoms with Gasteiger partial charge in [0, 0.05) is 29.9 Å². The molecular weight excluding hydrogens is 198 g/mol. The van der Waals surface area contributed by atoms with Crippen LogP contribution in [-0.2, 0) is 10.2 Å². The minimum atomic E-state index is -0.0863. The molecule has 1 aromatic carbocycles. The van der Waals surface area contributed by atoms with Gasteiger partial charge in [0.1, 0.15) is 0 Å². The second-order valence-electron chi connectivity index (χ2n) is 4.84. The Morgan fingerprint density at radius 3 is 2.50 bits per heavy atom. The molecular formula is C14H17NO. The fourth-order valence-corrected chi connectivity index (χ4v) is 2.45. The van der Waals surface area contributed by atoms with E-state index < -0.39 is 0 Å². The maximum absolute atomic E-state index is 11.3. The molecule has 1 heterocycles. The Hall–Kier alpha value is -1.57. The van der Waals surface area contributed by atoms with Crippen LogP contribution in [0.15, 0.2) is 36.0 Å². The summed E-state index contributed by atoms with van der Waals surface area (Å²) in [6, 6.07) is 8.30. The molecule has 2 rings (SSSR count). The van der Waals surface area contributed by atoms with Crippen LogP contribution >= 0.6 is 0 Å². The lowest BCUT2D eigenvalue weighted by Gasteiger charge is -2.23. The van der Waals surface area contributed by atoms with E-state index in [0.29, 0.717) is 0 Å². The maximum Gasteiger partial charge on any atom is 0.154 e. The third-order valence-electron chi connectivity index (χ3n) is 3.28.